The van der Waals surface area contributed by atoms with Gasteiger partial charge in [0.15, 0.2) is 0 Å². The molecule has 0 aliphatic carbocycles. The van der Waals surface area contributed by atoms with Crippen LogP contribution in [0.5, 0.6) is 0 Å². The summed E-state index contributed by atoms with van der Waals surface area (Å²) in [5, 5.41) is 5.85. The molecule has 1 aromatic heterocycles. The van der Waals surface area contributed by atoms with E-state index in [1.807, 2.05) is 17.2 Å². The van der Waals surface area contributed by atoms with Gasteiger partial charge in [0.2, 0.25) is 11.8 Å². The second-order valence-corrected chi connectivity index (χ2v) is 6.41. The number of hydrogen-bond acceptors (Lipinski definition) is 4. The molecular weight excluding hydrogens is 286 g/mol. The van der Waals surface area contributed by atoms with E-state index in [4.69, 9.17) is 0 Å². The van der Waals surface area contributed by atoms with Gasteiger partial charge >= 0.3 is 0 Å². The molecule has 0 radical (unpaired) electrons. The van der Waals surface area contributed by atoms with E-state index < -0.39 is 0 Å². The summed E-state index contributed by atoms with van der Waals surface area (Å²) in [4.78, 5) is 29.5. The highest BCUT2D eigenvalue weighted by Crippen LogP contribution is 2.29. The van der Waals surface area contributed by atoms with Crippen LogP contribution in [0.15, 0.2) is 5.38 Å². The van der Waals surface area contributed by atoms with Crippen LogP contribution in [0.1, 0.15) is 56.2 Å². The van der Waals surface area contributed by atoms with Crippen molar-refractivity contribution in [1.82, 2.24) is 15.2 Å². The zero-order valence-corrected chi connectivity index (χ0v) is 13.5. The molecule has 0 aromatic carbocycles. The van der Waals surface area contributed by atoms with E-state index >= 15 is 0 Å². The molecule has 2 amide bonds. The van der Waals surface area contributed by atoms with Gasteiger partial charge in [0, 0.05) is 37.7 Å². The van der Waals surface area contributed by atoms with Crippen LogP contribution in [0, 0.1) is 0 Å². The maximum absolute atomic E-state index is 12.0. The Morgan fingerprint density at radius 2 is 2.33 bits per heavy atom. The predicted octanol–water partition coefficient (Wildman–Crippen LogP) is 2.29. The van der Waals surface area contributed by atoms with Crippen LogP contribution in [-0.4, -0.2) is 34.8 Å². The number of piperidine rings is 1. The second-order valence-electron chi connectivity index (χ2n) is 5.52. The van der Waals surface area contributed by atoms with E-state index in [0.29, 0.717) is 18.9 Å². The van der Waals surface area contributed by atoms with Crippen molar-refractivity contribution < 1.29 is 9.59 Å². The smallest absolute Gasteiger partial charge is 0.222 e. The molecule has 1 saturated heterocycles. The van der Waals surface area contributed by atoms with Crippen LogP contribution >= 0.6 is 11.3 Å². The molecule has 2 rings (SSSR count). The lowest BCUT2D eigenvalue weighted by atomic mass is 9.98. The van der Waals surface area contributed by atoms with E-state index in [0.717, 1.165) is 43.1 Å². The number of rotatable bonds is 5. The summed E-state index contributed by atoms with van der Waals surface area (Å²) in [7, 11) is 0. The fourth-order valence-electron chi connectivity index (χ4n) is 2.58. The zero-order valence-electron chi connectivity index (χ0n) is 12.7. The molecule has 116 valence electrons. The molecule has 1 aliphatic heterocycles. The number of carbonyl (C=O) groups excluding carboxylic acids is 2. The highest BCUT2D eigenvalue weighted by molar-refractivity contribution is 7.09. The van der Waals surface area contributed by atoms with E-state index in [-0.39, 0.29) is 11.8 Å². The topological polar surface area (TPSA) is 62.3 Å². The molecule has 1 aliphatic rings. The lowest BCUT2D eigenvalue weighted by Gasteiger charge is -2.31. The minimum Gasteiger partial charge on any atom is -0.351 e. The fourth-order valence-corrected chi connectivity index (χ4v) is 3.53. The molecule has 0 unspecified atom stereocenters. The Labute approximate surface area is 129 Å². The van der Waals surface area contributed by atoms with Crippen molar-refractivity contribution in [2.45, 2.75) is 52.0 Å². The standard InChI is InChI=1S/C15H23N3O2S/c1-3-5-14(20)18-7-4-6-12(9-18)15-17-13(10-21-15)8-16-11(2)19/h10,12H,3-9H2,1-2H3,(H,16,19)/t12-/m0/s1. The first-order chi connectivity index (χ1) is 10.1. The normalized spacial score (nSPS) is 18.6. The molecule has 21 heavy (non-hydrogen) atoms. The number of thiazole rings is 1. The molecule has 2 heterocycles. The molecule has 0 bridgehead atoms. The summed E-state index contributed by atoms with van der Waals surface area (Å²) in [6, 6.07) is 0. The van der Waals surface area contributed by atoms with E-state index in [1.165, 1.54) is 6.92 Å². The van der Waals surface area contributed by atoms with Crippen LogP contribution in [0.4, 0.5) is 0 Å². The number of likely N-dealkylation sites (tertiary alicyclic amines) is 1. The van der Waals surface area contributed by atoms with Crippen LogP contribution in [0.2, 0.25) is 0 Å². The first kappa shape index (κ1) is 15.9. The maximum atomic E-state index is 12.0. The van der Waals surface area contributed by atoms with Gasteiger partial charge in [-0.2, -0.15) is 0 Å². The van der Waals surface area contributed by atoms with Gasteiger partial charge in [0.25, 0.3) is 0 Å². The Hall–Kier alpha value is -1.43. The molecule has 5 nitrogen and oxygen atoms in total. The average molecular weight is 309 g/mol. The summed E-state index contributed by atoms with van der Waals surface area (Å²) < 4.78 is 0. The molecule has 6 heteroatoms. The van der Waals surface area contributed by atoms with Crippen molar-refractivity contribution >= 4 is 23.2 Å². The maximum Gasteiger partial charge on any atom is 0.222 e. The number of amides is 2. The number of nitrogens with zero attached hydrogens (tertiary/aromatic N) is 2. The molecule has 0 saturated carbocycles. The first-order valence-corrected chi connectivity index (χ1v) is 8.44. The average Bonchev–Trinajstić information content (AvgIpc) is 2.94. The highest BCUT2D eigenvalue weighted by atomic mass is 32.1. The SMILES string of the molecule is CCCC(=O)N1CCC[C@H](c2nc(CNC(C)=O)cs2)C1. The number of carbonyl (C=O) groups is 2. The molecule has 1 aromatic rings. The minimum atomic E-state index is -0.0430. The van der Waals surface area contributed by atoms with Crippen molar-refractivity contribution in [2.24, 2.45) is 0 Å². The lowest BCUT2D eigenvalue weighted by Crippen LogP contribution is -2.38. The van der Waals surface area contributed by atoms with Crippen LogP contribution in [-0.2, 0) is 16.1 Å². The minimum absolute atomic E-state index is 0.0430. The van der Waals surface area contributed by atoms with Crippen molar-refractivity contribution in [3.05, 3.63) is 16.1 Å². The quantitative estimate of drug-likeness (QED) is 0.907. The van der Waals surface area contributed by atoms with Crippen molar-refractivity contribution in [3.8, 4) is 0 Å². The van der Waals surface area contributed by atoms with Gasteiger partial charge in [-0.25, -0.2) is 4.98 Å². The van der Waals surface area contributed by atoms with Gasteiger partial charge in [0.05, 0.1) is 17.2 Å². The van der Waals surface area contributed by atoms with Crippen molar-refractivity contribution in [2.75, 3.05) is 13.1 Å². The Morgan fingerprint density at radius 1 is 1.52 bits per heavy atom. The second kappa shape index (κ2) is 7.54. The molecule has 0 spiro atoms. The third kappa shape index (κ3) is 4.52. The molecule has 1 N–H and O–H groups in total. The highest BCUT2D eigenvalue weighted by Gasteiger charge is 2.26. The zero-order chi connectivity index (χ0) is 15.2. The van der Waals surface area contributed by atoms with Gasteiger partial charge < -0.3 is 10.2 Å². The van der Waals surface area contributed by atoms with E-state index in [1.54, 1.807) is 11.3 Å². The van der Waals surface area contributed by atoms with Gasteiger partial charge in [-0.05, 0) is 19.3 Å². The Balaban J connectivity index is 1.94. The van der Waals surface area contributed by atoms with Crippen molar-refractivity contribution in [3.63, 3.8) is 0 Å². The first-order valence-electron chi connectivity index (χ1n) is 7.56. The van der Waals surface area contributed by atoms with E-state index in [2.05, 4.69) is 10.3 Å². The summed E-state index contributed by atoms with van der Waals surface area (Å²) >= 11 is 1.63. The number of aromatic nitrogens is 1. The third-order valence-corrected chi connectivity index (χ3v) is 4.73. The Bertz CT molecular complexity index is 501. The Morgan fingerprint density at radius 3 is 3.05 bits per heavy atom. The summed E-state index contributed by atoms with van der Waals surface area (Å²) in [6.07, 6.45) is 3.67. The van der Waals surface area contributed by atoms with Crippen LogP contribution in [0.3, 0.4) is 0 Å². The number of hydrogen-bond donors (Lipinski definition) is 1. The fraction of sp³-hybridized carbons (Fsp3) is 0.667. The molecule has 1 atom stereocenters. The predicted molar refractivity (Wildman–Crippen MR) is 83.1 cm³/mol. The Kier molecular flexibility index (Phi) is 5.73. The lowest BCUT2D eigenvalue weighted by molar-refractivity contribution is -0.132. The molecular formula is C15H23N3O2S. The van der Waals surface area contributed by atoms with E-state index in [9.17, 15) is 9.59 Å². The van der Waals surface area contributed by atoms with Gasteiger partial charge in [0.1, 0.15) is 0 Å². The van der Waals surface area contributed by atoms with Gasteiger partial charge in [-0.15, -0.1) is 11.3 Å². The van der Waals surface area contributed by atoms with Gasteiger partial charge in [-0.3, -0.25) is 9.59 Å². The van der Waals surface area contributed by atoms with Crippen LogP contribution < -0.4 is 5.32 Å². The summed E-state index contributed by atoms with van der Waals surface area (Å²) in [5.41, 5.74) is 0.905. The summed E-state index contributed by atoms with van der Waals surface area (Å²) in [6.45, 7) is 5.68. The van der Waals surface area contributed by atoms with Crippen LogP contribution in [0.25, 0.3) is 0 Å². The number of nitrogens with one attached hydrogen (secondary N) is 1. The van der Waals surface area contributed by atoms with Gasteiger partial charge in [-0.1, -0.05) is 6.92 Å². The summed E-state index contributed by atoms with van der Waals surface area (Å²) in [5.74, 6) is 0.561. The largest absolute Gasteiger partial charge is 0.351 e. The third-order valence-electron chi connectivity index (χ3n) is 3.68. The molecule has 1 fully saturated rings. The monoisotopic (exact) mass is 309 g/mol. The van der Waals surface area contributed by atoms with Crippen molar-refractivity contribution in [1.29, 1.82) is 0 Å².